The lowest BCUT2D eigenvalue weighted by Gasteiger charge is -1.79. The first-order chi connectivity index (χ1) is 5.27. The highest BCUT2D eigenvalue weighted by Gasteiger charge is 2.07. The van der Waals surface area contributed by atoms with Crippen LogP contribution in [0.4, 0.5) is 0 Å². The molecule has 11 heavy (non-hydrogen) atoms. The number of fused-ring (bicyclic) bond motifs is 1. The molecular weight excluding hydrogens is 164 g/mol. The van der Waals surface area contributed by atoms with Crippen LogP contribution >= 0.6 is 11.3 Å². The first kappa shape index (κ1) is 6.36. The molecule has 2 aromatic heterocycles. The SMILES string of the molecule is O=C(O)c1cn2cncc2s1. The van der Waals surface area contributed by atoms with Crippen LogP contribution < -0.4 is 0 Å². The van der Waals surface area contributed by atoms with Crippen molar-refractivity contribution in [2.45, 2.75) is 0 Å². The summed E-state index contributed by atoms with van der Waals surface area (Å²) in [6.45, 7) is 0. The molecule has 0 atom stereocenters. The number of thiazole rings is 1. The van der Waals surface area contributed by atoms with Gasteiger partial charge in [0, 0.05) is 6.20 Å². The maximum Gasteiger partial charge on any atom is 0.347 e. The van der Waals surface area contributed by atoms with Gasteiger partial charge in [0.25, 0.3) is 0 Å². The molecule has 0 amide bonds. The number of aromatic carboxylic acids is 1. The Morgan fingerprint density at radius 1 is 1.73 bits per heavy atom. The van der Waals surface area contributed by atoms with Gasteiger partial charge in [0.1, 0.15) is 9.71 Å². The Hall–Kier alpha value is -1.36. The van der Waals surface area contributed by atoms with Crippen LogP contribution in [0, 0.1) is 0 Å². The van der Waals surface area contributed by atoms with Crippen molar-refractivity contribution in [3.63, 3.8) is 0 Å². The highest BCUT2D eigenvalue weighted by molar-refractivity contribution is 7.19. The average molecular weight is 168 g/mol. The van der Waals surface area contributed by atoms with Crippen molar-refractivity contribution in [1.82, 2.24) is 9.38 Å². The van der Waals surface area contributed by atoms with E-state index < -0.39 is 5.97 Å². The number of rotatable bonds is 1. The summed E-state index contributed by atoms with van der Waals surface area (Å²) in [5, 5.41) is 8.58. The van der Waals surface area contributed by atoms with Crippen LogP contribution in [0.1, 0.15) is 9.67 Å². The van der Waals surface area contributed by atoms with Crippen molar-refractivity contribution in [3.8, 4) is 0 Å². The first-order valence-electron chi connectivity index (χ1n) is 2.92. The molecule has 0 fully saturated rings. The normalized spacial score (nSPS) is 10.5. The van der Waals surface area contributed by atoms with Gasteiger partial charge in [-0.3, -0.25) is 4.40 Å². The average Bonchev–Trinajstić information content (AvgIpc) is 2.40. The highest BCUT2D eigenvalue weighted by Crippen LogP contribution is 2.16. The molecule has 0 bridgehead atoms. The minimum absolute atomic E-state index is 0.336. The predicted octanol–water partition coefficient (Wildman–Crippen LogP) is 1.09. The molecule has 0 aromatic carbocycles. The lowest BCUT2D eigenvalue weighted by Crippen LogP contribution is -1.90. The summed E-state index contributed by atoms with van der Waals surface area (Å²) in [6.07, 6.45) is 4.77. The van der Waals surface area contributed by atoms with Crippen LogP contribution in [0.25, 0.3) is 4.83 Å². The van der Waals surface area contributed by atoms with E-state index in [-0.39, 0.29) is 0 Å². The van der Waals surface area contributed by atoms with E-state index in [1.54, 1.807) is 23.1 Å². The first-order valence-corrected chi connectivity index (χ1v) is 3.74. The molecule has 0 spiro atoms. The molecule has 5 heteroatoms. The topological polar surface area (TPSA) is 54.6 Å². The third kappa shape index (κ3) is 0.894. The predicted molar refractivity (Wildman–Crippen MR) is 40.0 cm³/mol. The zero-order chi connectivity index (χ0) is 7.84. The van der Waals surface area contributed by atoms with E-state index in [9.17, 15) is 4.79 Å². The van der Waals surface area contributed by atoms with Crippen LogP contribution in [-0.4, -0.2) is 20.5 Å². The van der Waals surface area contributed by atoms with Gasteiger partial charge in [-0.05, 0) is 0 Å². The molecule has 4 nitrogen and oxygen atoms in total. The summed E-state index contributed by atoms with van der Waals surface area (Å²) in [5.41, 5.74) is 0. The molecule has 1 N–H and O–H groups in total. The number of hydrogen-bond donors (Lipinski definition) is 1. The Bertz CT molecular complexity index is 375. The summed E-state index contributed by atoms with van der Waals surface area (Å²) in [6, 6.07) is 0. The Morgan fingerprint density at radius 2 is 2.55 bits per heavy atom. The maximum atomic E-state index is 10.4. The summed E-state index contributed by atoms with van der Waals surface area (Å²) in [4.78, 5) is 15.5. The van der Waals surface area contributed by atoms with Crippen LogP contribution in [0.2, 0.25) is 0 Å². The number of carboxylic acids is 1. The summed E-state index contributed by atoms with van der Waals surface area (Å²) in [7, 11) is 0. The second-order valence-corrected chi connectivity index (χ2v) is 3.10. The maximum absolute atomic E-state index is 10.4. The molecular formula is C6H4N2O2S. The smallest absolute Gasteiger partial charge is 0.347 e. The van der Waals surface area contributed by atoms with Gasteiger partial charge in [0.15, 0.2) is 0 Å². The number of imidazole rings is 1. The van der Waals surface area contributed by atoms with Crippen molar-refractivity contribution in [1.29, 1.82) is 0 Å². The summed E-state index contributed by atoms with van der Waals surface area (Å²) in [5.74, 6) is -0.890. The molecule has 0 aliphatic carbocycles. The quantitative estimate of drug-likeness (QED) is 0.693. The van der Waals surface area contributed by atoms with Gasteiger partial charge >= 0.3 is 5.97 Å². The molecule has 2 rings (SSSR count). The number of nitrogens with zero attached hydrogens (tertiary/aromatic N) is 2. The molecule has 0 saturated heterocycles. The van der Waals surface area contributed by atoms with Crippen LogP contribution in [0.5, 0.6) is 0 Å². The zero-order valence-corrected chi connectivity index (χ0v) is 6.21. The van der Waals surface area contributed by atoms with E-state index in [1.807, 2.05) is 0 Å². The lowest BCUT2D eigenvalue weighted by atomic mass is 10.6. The molecule has 0 unspecified atom stereocenters. The van der Waals surface area contributed by atoms with Gasteiger partial charge in [-0.2, -0.15) is 0 Å². The number of carbonyl (C=O) groups is 1. The monoisotopic (exact) mass is 168 g/mol. The molecule has 0 aliphatic heterocycles. The van der Waals surface area contributed by atoms with Crippen molar-refractivity contribution in [2.75, 3.05) is 0 Å². The second kappa shape index (κ2) is 2.06. The Labute approximate surface area is 65.7 Å². The largest absolute Gasteiger partial charge is 0.477 e. The summed E-state index contributed by atoms with van der Waals surface area (Å²) < 4.78 is 1.69. The molecule has 0 aliphatic rings. The fourth-order valence-electron chi connectivity index (χ4n) is 0.833. The van der Waals surface area contributed by atoms with Crippen LogP contribution in [-0.2, 0) is 0 Å². The zero-order valence-electron chi connectivity index (χ0n) is 5.39. The van der Waals surface area contributed by atoms with Crippen molar-refractivity contribution < 1.29 is 9.90 Å². The highest BCUT2D eigenvalue weighted by atomic mass is 32.1. The Kier molecular flexibility index (Phi) is 1.19. The number of aromatic nitrogens is 2. The van der Waals surface area contributed by atoms with Gasteiger partial charge in [-0.15, -0.1) is 11.3 Å². The fraction of sp³-hybridized carbons (Fsp3) is 0. The minimum Gasteiger partial charge on any atom is -0.477 e. The third-order valence-electron chi connectivity index (χ3n) is 1.31. The minimum atomic E-state index is -0.890. The van der Waals surface area contributed by atoms with E-state index in [4.69, 9.17) is 5.11 Å². The van der Waals surface area contributed by atoms with Gasteiger partial charge in [0.2, 0.25) is 0 Å². The number of hydrogen-bond acceptors (Lipinski definition) is 3. The van der Waals surface area contributed by atoms with Gasteiger partial charge < -0.3 is 5.11 Å². The van der Waals surface area contributed by atoms with Gasteiger partial charge in [0.05, 0.1) is 12.5 Å². The second-order valence-electron chi connectivity index (χ2n) is 2.04. The third-order valence-corrected chi connectivity index (χ3v) is 2.34. The van der Waals surface area contributed by atoms with Crippen molar-refractivity contribution in [2.24, 2.45) is 0 Å². The van der Waals surface area contributed by atoms with E-state index in [1.165, 1.54) is 11.3 Å². The molecule has 2 aromatic rings. The van der Waals surface area contributed by atoms with Crippen molar-refractivity contribution in [3.05, 3.63) is 23.6 Å². The van der Waals surface area contributed by atoms with E-state index in [2.05, 4.69) is 4.98 Å². The molecule has 56 valence electrons. The Morgan fingerprint density at radius 3 is 3.18 bits per heavy atom. The van der Waals surface area contributed by atoms with Crippen LogP contribution in [0.3, 0.4) is 0 Å². The van der Waals surface area contributed by atoms with E-state index in [0.29, 0.717) is 4.88 Å². The van der Waals surface area contributed by atoms with E-state index >= 15 is 0 Å². The number of carboxylic acid groups (broad SMARTS) is 1. The van der Waals surface area contributed by atoms with E-state index in [0.717, 1.165) is 4.83 Å². The lowest BCUT2D eigenvalue weighted by molar-refractivity contribution is 0.0702. The van der Waals surface area contributed by atoms with Gasteiger partial charge in [-0.25, -0.2) is 9.78 Å². The fourth-order valence-corrected chi connectivity index (χ4v) is 1.63. The standard InChI is InChI=1S/C6H4N2O2S/c9-6(10)4-2-8-3-7-1-5(8)11-4/h1-3H,(H,9,10). The van der Waals surface area contributed by atoms with Gasteiger partial charge in [-0.1, -0.05) is 0 Å². The van der Waals surface area contributed by atoms with Crippen LogP contribution in [0.15, 0.2) is 18.7 Å². The summed E-state index contributed by atoms with van der Waals surface area (Å²) >= 11 is 1.21. The molecule has 0 radical (unpaired) electrons. The Balaban J connectivity index is 2.67. The molecule has 2 heterocycles. The van der Waals surface area contributed by atoms with Crippen molar-refractivity contribution >= 4 is 22.1 Å². The molecule has 0 saturated carbocycles.